The van der Waals surface area contributed by atoms with Crippen molar-refractivity contribution in [3.63, 3.8) is 0 Å². The minimum absolute atomic E-state index is 0.139. The lowest BCUT2D eigenvalue weighted by Gasteiger charge is -2.14. The zero-order chi connectivity index (χ0) is 11.0. The maximum Gasteiger partial charge on any atom is 0.265 e. The average molecular weight is 289 g/mol. The van der Waals surface area contributed by atoms with E-state index in [1.807, 2.05) is 18.7 Å². The van der Waals surface area contributed by atoms with Gasteiger partial charge in [0.15, 0.2) is 0 Å². The number of halogens is 1. The van der Waals surface area contributed by atoms with Crippen LogP contribution in [0.25, 0.3) is 0 Å². The van der Waals surface area contributed by atoms with Crippen molar-refractivity contribution >= 4 is 33.2 Å². The molecule has 0 aromatic carbocycles. The predicted octanol–water partition coefficient (Wildman–Crippen LogP) is 2.37. The number of carbonyl (C=O) groups excluding carboxylic acids is 1. The van der Waals surface area contributed by atoms with E-state index in [0.29, 0.717) is 4.83 Å². The van der Waals surface area contributed by atoms with Crippen molar-refractivity contribution in [2.75, 3.05) is 13.1 Å². The quantitative estimate of drug-likeness (QED) is 0.744. The van der Waals surface area contributed by atoms with Crippen molar-refractivity contribution in [1.82, 2.24) is 9.88 Å². The molecule has 0 bridgehead atoms. The molecule has 1 unspecified atom stereocenters. The molecule has 1 saturated heterocycles. The summed E-state index contributed by atoms with van der Waals surface area (Å²) in [4.78, 5) is 19.5. The minimum atomic E-state index is 0.139. The second-order valence-electron chi connectivity index (χ2n) is 3.78. The maximum atomic E-state index is 12.1. The Hall–Kier alpha value is -0.420. The molecule has 0 saturated carbocycles. The van der Waals surface area contributed by atoms with Gasteiger partial charge in [-0.25, -0.2) is 4.98 Å². The monoisotopic (exact) mass is 288 g/mol. The van der Waals surface area contributed by atoms with Gasteiger partial charge in [0, 0.05) is 17.9 Å². The Kier molecular flexibility index (Phi) is 3.11. The van der Waals surface area contributed by atoms with Gasteiger partial charge in [0.2, 0.25) is 0 Å². The fourth-order valence-corrected chi connectivity index (χ4v) is 3.22. The third-order valence-electron chi connectivity index (χ3n) is 2.52. The number of thiazole rings is 1. The van der Waals surface area contributed by atoms with Gasteiger partial charge in [0.05, 0.1) is 10.7 Å². The van der Waals surface area contributed by atoms with E-state index in [-0.39, 0.29) is 5.91 Å². The molecule has 2 heterocycles. The first kappa shape index (κ1) is 11.1. The number of alkyl halides is 1. The molecule has 1 fully saturated rings. The second-order valence-corrected chi connectivity index (χ2v) is 6.28. The Morgan fingerprint density at radius 3 is 2.80 bits per heavy atom. The van der Waals surface area contributed by atoms with Gasteiger partial charge in [-0.3, -0.25) is 4.79 Å². The Morgan fingerprint density at radius 2 is 2.33 bits per heavy atom. The molecule has 1 aromatic rings. The van der Waals surface area contributed by atoms with Crippen LogP contribution in [0.5, 0.6) is 0 Å². The van der Waals surface area contributed by atoms with Crippen LogP contribution >= 0.6 is 27.3 Å². The number of nitrogens with zero attached hydrogens (tertiary/aromatic N) is 2. The van der Waals surface area contributed by atoms with Gasteiger partial charge in [-0.1, -0.05) is 15.9 Å². The lowest BCUT2D eigenvalue weighted by atomic mass is 10.3. The van der Waals surface area contributed by atoms with Crippen LogP contribution in [0.4, 0.5) is 0 Å². The first-order chi connectivity index (χ1) is 7.08. The minimum Gasteiger partial charge on any atom is -0.337 e. The third kappa shape index (κ3) is 2.23. The molecule has 3 nitrogen and oxygen atoms in total. The van der Waals surface area contributed by atoms with Gasteiger partial charge in [-0.05, 0) is 20.3 Å². The van der Waals surface area contributed by atoms with E-state index in [4.69, 9.17) is 0 Å². The summed E-state index contributed by atoms with van der Waals surface area (Å²) in [6, 6.07) is 0. The number of amides is 1. The molecular weight excluding hydrogens is 276 g/mol. The molecular formula is C10H13BrN2OS. The Labute approximate surface area is 102 Å². The van der Waals surface area contributed by atoms with Crippen LogP contribution in [0.15, 0.2) is 0 Å². The van der Waals surface area contributed by atoms with E-state index >= 15 is 0 Å². The van der Waals surface area contributed by atoms with Crippen LogP contribution in [-0.2, 0) is 0 Å². The molecule has 2 rings (SSSR count). The number of aryl methyl sites for hydroxylation is 2. The fraction of sp³-hybridized carbons (Fsp3) is 0.600. The van der Waals surface area contributed by atoms with Gasteiger partial charge >= 0.3 is 0 Å². The topological polar surface area (TPSA) is 33.2 Å². The maximum absolute atomic E-state index is 12.1. The van der Waals surface area contributed by atoms with E-state index < -0.39 is 0 Å². The normalized spacial score (nSPS) is 21.0. The lowest BCUT2D eigenvalue weighted by molar-refractivity contribution is 0.0797. The molecule has 82 valence electrons. The summed E-state index contributed by atoms with van der Waals surface area (Å²) in [5, 5.41) is 0.963. The molecule has 0 N–H and O–H groups in total. The van der Waals surface area contributed by atoms with E-state index in [9.17, 15) is 4.79 Å². The number of rotatable bonds is 1. The number of likely N-dealkylation sites (tertiary alicyclic amines) is 1. The number of aromatic nitrogens is 1. The average Bonchev–Trinajstić information content (AvgIpc) is 2.71. The van der Waals surface area contributed by atoms with Gasteiger partial charge in [0.25, 0.3) is 5.91 Å². The molecule has 0 aliphatic carbocycles. The molecule has 1 aliphatic rings. The molecule has 1 aromatic heterocycles. The van der Waals surface area contributed by atoms with E-state index in [1.54, 1.807) is 0 Å². The van der Waals surface area contributed by atoms with Crippen LogP contribution in [0.2, 0.25) is 0 Å². The van der Waals surface area contributed by atoms with E-state index in [0.717, 1.165) is 35.1 Å². The first-order valence-electron chi connectivity index (χ1n) is 4.95. The van der Waals surface area contributed by atoms with Crippen molar-refractivity contribution in [1.29, 1.82) is 0 Å². The largest absolute Gasteiger partial charge is 0.337 e. The van der Waals surface area contributed by atoms with E-state index in [2.05, 4.69) is 20.9 Å². The van der Waals surface area contributed by atoms with Gasteiger partial charge in [-0.15, -0.1) is 11.3 Å². The third-order valence-corrected chi connectivity index (χ3v) is 4.32. The van der Waals surface area contributed by atoms with Crippen molar-refractivity contribution < 1.29 is 4.79 Å². The molecule has 5 heteroatoms. The van der Waals surface area contributed by atoms with Crippen molar-refractivity contribution in [3.8, 4) is 0 Å². The molecule has 0 radical (unpaired) electrons. The Balaban J connectivity index is 2.17. The van der Waals surface area contributed by atoms with Gasteiger partial charge in [-0.2, -0.15) is 0 Å². The van der Waals surface area contributed by atoms with Crippen molar-refractivity contribution in [2.45, 2.75) is 25.1 Å². The lowest BCUT2D eigenvalue weighted by Crippen LogP contribution is -2.28. The number of carbonyl (C=O) groups is 1. The van der Waals surface area contributed by atoms with Gasteiger partial charge in [0.1, 0.15) is 4.88 Å². The zero-order valence-electron chi connectivity index (χ0n) is 8.79. The first-order valence-corrected chi connectivity index (χ1v) is 6.68. The van der Waals surface area contributed by atoms with E-state index in [1.165, 1.54) is 11.3 Å². The SMILES string of the molecule is Cc1nc(C)c(C(=O)N2CCC(Br)C2)s1. The standard InChI is InChI=1S/C10H13BrN2OS/c1-6-9(15-7(2)12-6)10(14)13-4-3-8(11)5-13/h8H,3-5H2,1-2H3. The molecule has 0 spiro atoms. The van der Waals surface area contributed by atoms with Crippen molar-refractivity contribution in [2.24, 2.45) is 0 Å². The Bertz CT molecular complexity index is 391. The fourth-order valence-electron chi connectivity index (χ4n) is 1.78. The molecule has 1 amide bonds. The highest BCUT2D eigenvalue weighted by atomic mass is 79.9. The molecule has 15 heavy (non-hydrogen) atoms. The number of hydrogen-bond donors (Lipinski definition) is 0. The summed E-state index contributed by atoms with van der Waals surface area (Å²) in [5.74, 6) is 0.139. The smallest absolute Gasteiger partial charge is 0.265 e. The highest BCUT2D eigenvalue weighted by molar-refractivity contribution is 9.09. The molecule has 1 aliphatic heterocycles. The predicted molar refractivity (Wildman–Crippen MR) is 64.8 cm³/mol. The Morgan fingerprint density at radius 1 is 1.60 bits per heavy atom. The second kappa shape index (κ2) is 4.22. The van der Waals surface area contributed by atoms with Gasteiger partial charge < -0.3 is 4.90 Å². The van der Waals surface area contributed by atoms with Crippen LogP contribution < -0.4 is 0 Å². The summed E-state index contributed by atoms with van der Waals surface area (Å²) in [6.45, 7) is 5.50. The summed E-state index contributed by atoms with van der Waals surface area (Å²) in [6.07, 6.45) is 1.04. The van der Waals surface area contributed by atoms with Crippen LogP contribution in [-0.4, -0.2) is 33.7 Å². The highest BCUT2D eigenvalue weighted by Crippen LogP contribution is 2.23. The number of hydrogen-bond acceptors (Lipinski definition) is 3. The van der Waals surface area contributed by atoms with Crippen LogP contribution in [0, 0.1) is 13.8 Å². The summed E-state index contributed by atoms with van der Waals surface area (Å²) in [7, 11) is 0. The van der Waals surface area contributed by atoms with Crippen molar-refractivity contribution in [3.05, 3.63) is 15.6 Å². The van der Waals surface area contributed by atoms with Crippen LogP contribution in [0.1, 0.15) is 26.8 Å². The zero-order valence-corrected chi connectivity index (χ0v) is 11.2. The van der Waals surface area contributed by atoms with Crippen LogP contribution in [0.3, 0.4) is 0 Å². The molecule has 1 atom stereocenters. The summed E-state index contributed by atoms with van der Waals surface area (Å²) >= 11 is 5.03. The highest BCUT2D eigenvalue weighted by Gasteiger charge is 2.27. The summed E-state index contributed by atoms with van der Waals surface area (Å²) in [5.41, 5.74) is 0.862. The summed E-state index contributed by atoms with van der Waals surface area (Å²) < 4.78 is 0.